The maximum atomic E-state index is 14.5. The van der Waals surface area contributed by atoms with Crippen LogP contribution in [0.2, 0.25) is 0 Å². The van der Waals surface area contributed by atoms with Crippen molar-refractivity contribution < 1.29 is 28.1 Å². The smallest absolute Gasteiger partial charge is 0.312 e. The van der Waals surface area contributed by atoms with Crippen molar-refractivity contribution in [2.45, 2.75) is 52.6 Å². The van der Waals surface area contributed by atoms with Gasteiger partial charge >= 0.3 is 5.97 Å². The first-order valence-corrected chi connectivity index (χ1v) is 12.0. The van der Waals surface area contributed by atoms with Gasteiger partial charge in [-0.25, -0.2) is 4.39 Å². The molecule has 8 heteroatoms. The Morgan fingerprint density at radius 2 is 1.83 bits per heavy atom. The molecule has 36 heavy (non-hydrogen) atoms. The van der Waals surface area contributed by atoms with Crippen molar-refractivity contribution in [2.75, 3.05) is 20.3 Å². The van der Waals surface area contributed by atoms with Gasteiger partial charge in [-0.2, -0.15) is 0 Å². The third kappa shape index (κ3) is 5.60. The molecule has 2 heterocycles. The van der Waals surface area contributed by atoms with Crippen LogP contribution in [0.5, 0.6) is 5.75 Å². The van der Waals surface area contributed by atoms with E-state index in [1.165, 1.54) is 22.8 Å². The summed E-state index contributed by atoms with van der Waals surface area (Å²) in [5.74, 6) is -0.369. The molecule has 3 aromatic rings. The lowest BCUT2D eigenvalue weighted by Gasteiger charge is -2.36. The lowest BCUT2D eigenvalue weighted by Crippen LogP contribution is -2.35. The van der Waals surface area contributed by atoms with E-state index in [-0.39, 0.29) is 24.9 Å². The van der Waals surface area contributed by atoms with Crippen molar-refractivity contribution in [3.63, 3.8) is 0 Å². The number of fused-ring (bicyclic) bond motifs is 1. The van der Waals surface area contributed by atoms with Gasteiger partial charge in [-0.05, 0) is 67.6 Å². The zero-order valence-electron chi connectivity index (χ0n) is 21.1. The minimum absolute atomic E-state index is 0.166. The first-order chi connectivity index (χ1) is 17.1. The SMILES string of the molecule is COC1(c2cc(F)cc(OCc3ccc4c(ccc(=O)n4COC(=O)C(C)(C)C)c3)c2)CCOCC1. The van der Waals surface area contributed by atoms with Crippen LogP contribution in [-0.2, 0) is 37.9 Å². The largest absolute Gasteiger partial charge is 0.489 e. The molecule has 1 aromatic heterocycles. The fraction of sp³-hybridized carbons (Fsp3) is 0.429. The molecule has 0 radical (unpaired) electrons. The summed E-state index contributed by atoms with van der Waals surface area (Å²) in [6.07, 6.45) is 1.29. The summed E-state index contributed by atoms with van der Waals surface area (Å²) in [4.78, 5) is 24.6. The first-order valence-electron chi connectivity index (χ1n) is 12.0. The Bertz CT molecular complexity index is 1300. The van der Waals surface area contributed by atoms with Crippen LogP contribution >= 0.6 is 0 Å². The van der Waals surface area contributed by atoms with Crippen LogP contribution in [0.25, 0.3) is 10.9 Å². The Labute approximate surface area is 209 Å². The van der Waals surface area contributed by atoms with E-state index < -0.39 is 16.8 Å². The number of hydrogen-bond acceptors (Lipinski definition) is 6. The molecular weight excluding hydrogens is 465 g/mol. The summed E-state index contributed by atoms with van der Waals surface area (Å²) in [6, 6.07) is 13.3. The maximum Gasteiger partial charge on any atom is 0.312 e. The molecule has 1 saturated heterocycles. The van der Waals surface area contributed by atoms with E-state index in [0.29, 0.717) is 37.3 Å². The molecule has 2 aromatic carbocycles. The summed E-state index contributed by atoms with van der Waals surface area (Å²) < 4.78 is 38.4. The van der Waals surface area contributed by atoms with Gasteiger partial charge < -0.3 is 18.9 Å². The Morgan fingerprint density at radius 1 is 1.08 bits per heavy atom. The summed E-state index contributed by atoms with van der Waals surface area (Å²) in [5, 5.41) is 0.794. The van der Waals surface area contributed by atoms with E-state index in [1.54, 1.807) is 40.0 Å². The molecule has 1 aliphatic rings. The number of aromatic nitrogens is 1. The first kappa shape index (κ1) is 25.9. The van der Waals surface area contributed by atoms with Crippen molar-refractivity contribution in [1.82, 2.24) is 4.57 Å². The second-order valence-corrected chi connectivity index (χ2v) is 10.1. The monoisotopic (exact) mass is 497 g/mol. The molecule has 0 bridgehead atoms. The molecule has 0 unspecified atom stereocenters. The molecule has 0 amide bonds. The number of pyridine rings is 1. The second kappa shape index (κ2) is 10.4. The van der Waals surface area contributed by atoms with Gasteiger partial charge in [-0.15, -0.1) is 0 Å². The van der Waals surface area contributed by atoms with E-state index in [4.69, 9.17) is 18.9 Å². The normalized spacial score (nSPS) is 15.6. The number of carbonyl (C=O) groups is 1. The number of ether oxygens (including phenoxy) is 4. The number of esters is 1. The summed E-state index contributed by atoms with van der Waals surface area (Å²) in [7, 11) is 1.63. The quantitative estimate of drug-likeness (QED) is 0.432. The highest BCUT2D eigenvalue weighted by Crippen LogP contribution is 2.37. The number of halogens is 1. The molecule has 1 aliphatic heterocycles. The predicted octanol–water partition coefficient (Wildman–Crippen LogP) is 4.92. The molecule has 0 atom stereocenters. The van der Waals surface area contributed by atoms with Gasteiger partial charge in [0.2, 0.25) is 0 Å². The van der Waals surface area contributed by atoms with Crippen LogP contribution < -0.4 is 10.3 Å². The van der Waals surface area contributed by atoms with E-state index in [9.17, 15) is 14.0 Å². The zero-order chi connectivity index (χ0) is 25.9. The molecule has 0 saturated carbocycles. The topological polar surface area (TPSA) is 76.0 Å². The van der Waals surface area contributed by atoms with E-state index in [1.807, 2.05) is 18.2 Å². The van der Waals surface area contributed by atoms with Crippen molar-refractivity contribution in [1.29, 1.82) is 0 Å². The summed E-state index contributed by atoms with van der Waals surface area (Å²) >= 11 is 0. The Balaban J connectivity index is 1.52. The third-order valence-electron chi connectivity index (χ3n) is 6.49. The van der Waals surface area contributed by atoms with Gasteiger partial charge in [0.1, 0.15) is 18.2 Å². The molecule has 192 valence electrons. The van der Waals surface area contributed by atoms with Gasteiger partial charge in [0.05, 0.1) is 16.5 Å². The highest BCUT2D eigenvalue weighted by atomic mass is 19.1. The van der Waals surface area contributed by atoms with Crippen molar-refractivity contribution in [2.24, 2.45) is 5.41 Å². The molecule has 0 aliphatic carbocycles. The molecule has 4 rings (SSSR count). The van der Waals surface area contributed by atoms with Crippen LogP contribution in [0.3, 0.4) is 0 Å². The Hall–Kier alpha value is -3.23. The minimum Gasteiger partial charge on any atom is -0.489 e. The van der Waals surface area contributed by atoms with Crippen LogP contribution in [0, 0.1) is 11.2 Å². The third-order valence-corrected chi connectivity index (χ3v) is 6.49. The lowest BCUT2D eigenvalue weighted by atomic mass is 9.86. The predicted molar refractivity (Wildman–Crippen MR) is 133 cm³/mol. The number of hydrogen-bond donors (Lipinski definition) is 0. The lowest BCUT2D eigenvalue weighted by molar-refractivity contribution is -0.156. The molecular formula is C28H32FNO6. The van der Waals surface area contributed by atoms with E-state index in [2.05, 4.69) is 0 Å². The van der Waals surface area contributed by atoms with Gasteiger partial charge in [0, 0.05) is 45.3 Å². The average molecular weight is 498 g/mol. The minimum atomic E-state index is -0.664. The molecule has 0 spiro atoms. The van der Waals surface area contributed by atoms with Crippen LogP contribution in [0.4, 0.5) is 4.39 Å². The molecule has 7 nitrogen and oxygen atoms in total. The zero-order valence-corrected chi connectivity index (χ0v) is 21.1. The summed E-state index contributed by atoms with van der Waals surface area (Å²) in [5.41, 5.74) is 0.696. The Morgan fingerprint density at radius 3 is 2.53 bits per heavy atom. The van der Waals surface area contributed by atoms with Crippen molar-refractivity contribution in [3.8, 4) is 5.75 Å². The highest BCUT2D eigenvalue weighted by Gasteiger charge is 2.35. The molecule has 0 N–H and O–H groups in total. The van der Waals surface area contributed by atoms with Gasteiger partial charge in [0.25, 0.3) is 5.56 Å². The fourth-order valence-corrected chi connectivity index (χ4v) is 4.30. The van der Waals surface area contributed by atoms with Crippen LogP contribution in [0.1, 0.15) is 44.7 Å². The number of methoxy groups -OCH3 is 1. The highest BCUT2D eigenvalue weighted by molar-refractivity contribution is 5.80. The van der Waals surface area contributed by atoms with Crippen molar-refractivity contribution >= 4 is 16.9 Å². The van der Waals surface area contributed by atoms with E-state index in [0.717, 1.165) is 16.5 Å². The number of benzene rings is 2. The van der Waals surface area contributed by atoms with Crippen LogP contribution in [-0.4, -0.2) is 30.9 Å². The van der Waals surface area contributed by atoms with Crippen molar-refractivity contribution in [3.05, 3.63) is 75.8 Å². The number of rotatable bonds is 7. The maximum absolute atomic E-state index is 14.5. The fourth-order valence-electron chi connectivity index (χ4n) is 4.30. The molecule has 1 fully saturated rings. The van der Waals surface area contributed by atoms with E-state index >= 15 is 0 Å². The Kier molecular flexibility index (Phi) is 7.47. The van der Waals surface area contributed by atoms with Crippen LogP contribution in [0.15, 0.2) is 53.3 Å². The number of carbonyl (C=O) groups excluding carboxylic acids is 1. The number of nitrogens with zero attached hydrogens (tertiary/aromatic N) is 1. The van der Waals surface area contributed by atoms with Gasteiger partial charge in [-0.3, -0.25) is 14.2 Å². The van der Waals surface area contributed by atoms with Gasteiger partial charge in [-0.1, -0.05) is 6.07 Å². The van der Waals surface area contributed by atoms with Gasteiger partial charge in [0.15, 0.2) is 6.73 Å². The second-order valence-electron chi connectivity index (χ2n) is 10.1. The summed E-state index contributed by atoms with van der Waals surface area (Å²) in [6.45, 7) is 6.42. The average Bonchev–Trinajstić information content (AvgIpc) is 2.86. The standard InChI is InChI=1S/C28H32FNO6/c1-27(2,3)26(32)36-18-30-24-7-5-19(13-20(24)6-8-25(30)31)17-35-23-15-21(14-22(29)16-23)28(33-4)9-11-34-12-10-28/h5-8,13-16H,9-12,17-18H2,1-4H3.